The van der Waals surface area contributed by atoms with Crippen LogP contribution in [0.15, 0.2) is 18.2 Å². The van der Waals surface area contributed by atoms with Gasteiger partial charge in [-0.3, -0.25) is 4.90 Å². The van der Waals surface area contributed by atoms with Crippen LogP contribution in [-0.4, -0.2) is 31.1 Å². The molecule has 2 unspecified atom stereocenters. The van der Waals surface area contributed by atoms with Crippen molar-refractivity contribution in [3.8, 4) is 0 Å². The number of halogens is 2. The van der Waals surface area contributed by atoms with E-state index in [-0.39, 0.29) is 0 Å². The van der Waals surface area contributed by atoms with Crippen molar-refractivity contribution in [1.29, 1.82) is 0 Å². The smallest absolute Gasteiger partial charge is 0.159 e. The first kappa shape index (κ1) is 14.4. The largest absolute Gasteiger partial charge is 0.317 e. The first-order chi connectivity index (χ1) is 9.13. The summed E-state index contributed by atoms with van der Waals surface area (Å²) in [6.07, 6.45) is 2.25. The highest BCUT2D eigenvalue weighted by Gasteiger charge is 2.26. The van der Waals surface area contributed by atoms with Crippen LogP contribution in [0.2, 0.25) is 0 Å². The van der Waals surface area contributed by atoms with Crippen LogP contribution in [0.5, 0.6) is 0 Å². The molecule has 4 heteroatoms. The van der Waals surface area contributed by atoms with Gasteiger partial charge in [-0.15, -0.1) is 0 Å². The lowest BCUT2D eigenvalue weighted by molar-refractivity contribution is 0.132. The van der Waals surface area contributed by atoms with E-state index in [0.29, 0.717) is 18.5 Å². The summed E-state index contributed by atoms with van der Waals surface area (Å²) in [5.74, 6) is -0.900. The van der Waals surface area contributed by atoms with Gasteiger partial charge in [-0.25, -0.2) is 8.78 Å². The summed E-state index contributed by atoms with van der Waals surface area (Å²) in [4.78, 5) is 2.33. The predicted octanol–water partition coefficient (Wildman–Crippen LogP) is 2.78. The Labute approximate surface area is 113 Å². The lowest BCUT2D eigenvalue weighted by Crippen LogP contribution is -2.47. The van der Waals surface area contributed by atoms with Gasteiger partial charge in [-0.2, -0.15) is 0 Å². The van der Waals surface area contributed by atoms with Gasteiger partial charge in [0.05, 0.1) is 0 Å². The molecule has 1 heterocycles. The molecule has 1 N–H and O–H groups in total. The van der Waals surface area contributed by atoms with Crippen molar-refractivity contribution in [3.63, 3.8) is 0 Å². The van der Waals surface area contributed by atoms with Crippen molar-refractivity contribution in [1.82, 2.24) is 10.2 Å². The Morgan fingerprint density at radius 1 is 1.32 bits per heavy atom. The fourth-order valence-corrected chi connectivity index (χ4v) is 2.94. The van der Waals surface area contributed by atoms with Gasteiger partial charge in [0.2, 0.25) is 0 Å². The maximum atomic E-state index is 13.2. The van der Waals surface area contributed by atoms with Gasteiger partial charge in [0, 0.05) is 19.1 Å². The first-order valence-corrected chi connectivity index (χ1v) is 6.97. The third-order valence-corrected chi connectivity index (χ3v) is 4.10. The van der Waals surface area contributed by atoms with Crippen LogP contribution in [0.1, 0.15) is 25.3 Å². The Morgan fingerprint density at radius 2 is 2.11 bits per heavy atom. The zero-order valence-corrected chi connectivity index (χ0v) is 11.6. The van der Waals surface area contributed by atoms with Crippen molar-refractivity contribution in [2.45, 2.75) is 32.4 Å². The molecule has 0 radical (unpaired) electrons. The minimum atomic E-state index is -0.774. The highest BCUT2D eigenvalue weighted by Crippen LogP contribution is 2.22. The highest BCUT2D eigenvalue weighted by molar-refractivity contribution is 5.17. The normalized spacial score (nSPS) is 24.6. The molecule has 106 valence electrons. The number of benzene rings is 1. The summed E-state index contributed by atoms with van der Waals surface area (Å²) in [6, 6.07) is 4.76. The molecular weight excluding hydrogens is 246 g/mol. The average molecular weight is 268 g/mol. The summed E-state index contributed by atoms with van der Waals surface area (Å²) in [5, 5.41) is 3.37. The van der Waals surface area contributed by atoms with Gasteiger partial charge in [0.1, 0.15) is 0 Å². The third-order valence-electron chi connectivity index (χ3n) is 4.10. The van der Waals surface area contributed by atoms with Gasteiger partial charge < -0.3 is 5.32 Å². The standard InChI is InChI=1S/C15H22F2N2/c1-3-12-10-19(7-6-15(12)18-2)9-11-4-5-13(16)14(17)8-11/h4-5,8,12,15,18H,3,6-7,9-10H2,1-2H3. The zero-order chi connectivity index (χ0) is 13.8. The number of nitrogens with zero attached hydrogens (tertiary/aromatic N) is 1. The summed E-state index contributed by atoms with van der Waals surface area (Å²) >= 11 is 0. The van der Waals surface area contributed by atoms with E-state index >= 15 is 0 Å². The second-order valence-corrected chi connectivity index (χ2v) is 5.34. The molecule has 1 aromatic carbocycles. The van der Waals surface area contributed by atoms with E-state index in [2.05, 4.69) is 17.1 Å². The molecule has 2 nitrogen and oxygen atoms in total. The fourth-order valence-electron chi connectivity index (χ4n) is 2.94. The zero-order valence-electron chi connectivity index (χ0n) is 11.6. The molecule has 0 bridgehead atoms. The maximum Gasteiger partial charge on any atom is 0.159 e. The van der Waals surface area contributed by atoms with Crippen molar-refractivity contribution in [3.05, 3.63) is 35.4 Å². The van der Waals surface area contributed by atoms with E-state index in [0.717, 1.165) is 31.5 Å². The highest BCUT2D eigenvalue weighted by atomic mass is 19.2. The molecule has 1 aromatic rings. The van der Waals surface area contributed by atoms with E-state index < -0.39 is 11.6 Å². The van der Waals surface area contributed by atoms with E-state index in [1.54, 1.807) is 6.07 Å². The second kappa shape index (κ2) is 6.44. The van der Waals surface area contributed by atoms with Crippen molar-refractivity contribution in [2.75, 3.05) is 20.1 Å². The second-order valence-electron chi connectivity index (χ2n) is 5.34. The quantitative estimate of drug-likeness (QED) is 0.903. The van der Waals surface area contributed by atoms with Crippen LogP contribution in [-0.2, 0) is 6.54 Å². The predicted molar refractivity (Wildman–Crippen MR) is 72.9 cm³/mol. The summed E-state index contributed by atoms with van der Waals surface area (Å²) in [5.41, 5.74) is 0.844. The SMILES string of the molecule is CCC1CN(Cc2ccc(F)c(F)c2)CCC1NC. The first-order valence-electron chi connectivity index (χ1n) is 6.97. The Morgan fingerprint density at radius 3 is 2.74 bits per heavy atom. The van der Waals surface area contributed by atoms with Crippen molar-refractivity contribution >= 4 is 0 Å². The third kappa shape index (κ3) is 3.51. The molecule has 0 amide bonds. The molecule has 19 heavy (non-hydrogen) atoms. The van der Waals surface area contributed by atoms with Gasteiger partial charge in [-0.1, -0.05) is 19.4 Å². The molecule has 2 atom stereocenters. The van der Waals surface area contributed by atoms with Gasteiger partial charge in [0.15, 0.2) is 11.6 Å². The van der Waals surface area contributed by atoms with E-state index in [9.17, 15) is 8.78 Å². The monoisotopic (exact) mass is 268 g/mol. The minimum Gasteiger partial charge on any atom is -0.317 e. The van der Waals surface area contributed by atoms with Crippen molar-refractivity contribution in [2.24, 2.45) is 5.92 Å². The molecule has 1 saturated heterocycles. The van der Waals surface area contributed by atoms with Crippen LogP contribution in [0, 0.1) is 17.6 Å². The van der Waals surface area contributed by atoms with Crippen LogP contribution >= 0.6 is 0 Å². The lowest BCUT2D eigenvalue weighted by Gasteiger charge is -2.38. The van der Waals surface area contributed by atoms with E-state index in [1.165, 1.54) is 12.1 Å². The number of hydrogen-bond donors (Lipinski definition) is 1. The maximum absolute atomic E-state index is 13.2. The lowest BCUT2D eigenvalue weighted by atomic mass is 9.90. The number of piperidine rings is 1. The van der Waals surface area contributed by atoms with Crippen LogP contribution < -0.4 is 5.32 Å². The molecule has 0 saturated carbocycles. The molecule has 2 rings (SSSR count). The number of likely N-dealkylation sites (tertiary alicyclic amines) is 1. The fraction of sp³-hybridized carbons (Fsp3) is 0.600. The summed E-state index contributed by atoms with van der Waals surface area (Å²) < 4.78 is 26.1. The van der Waals surface area contributed by atoms with Gasteiger partial charge >= 0.3 is 0 Å². The summed E-state index contributed by atoms with van der Waals surface area (Å²) in [7, 11) is 2.01. The van der Waals surface area contributed by atoms with Gasteiger partial charge in [0.25, 0.3) is 0 Å². The van der Waals surface area contributed by atoms with E-state index in [4.69, 9.17) is 0 Å². The molecule has 1 aliphatic heterocycles. The van der Waals surface area contributed by atoms with Crippen molar-refractivity contribution < 1.29 is 8.78 Å². The minimum absolute atomic E-state index is 0.575. The number of hydrogen-bond acceptors (Lipinski definition) is 2. The Bertz CT molecular complexity index is 423. The van der Waals surface area contributed by atoms with Crippen LogP contribution in [0.3, 0.4) is 0 Å². The Hall–Kier alpha value is -1.00. The molecular formula is C15H22F2N2. The van der Waals surface area contributed by atoms with Crippen LogP contribution in [0.25, 0.3) is 0 Å². The average Bonchev–Trinajstić information content (AvgIpc) is 2.43. The molecule has 1 aliphatic rings. The molecule has 0 aromatic heterocycles. The Balaban J connectivity index is 1.98. The van der Waals surface area contributed by atoms with Crippen LogP contribution in [0.4, 0.5) is 8.78 Å². The summed E-state index contributed by atoms with van der Waals surface area (Å²) in [6.45, 7) is 4.92. The Kier molecular flexibility index (Phi) is 4.88. The van der Waals surface area contributed by atoms with Gasteiger partial charge in [-0.05, 0) is 43.6 Å². The van der Waals surface area contributed by atoms with E-state index in [1.807, 2.05) is 7.05 Å². The molecule has 0 aliphatic carbocycles. The number of rotatable bonds is 4. The molecule has 0 spiro atoms. The number of nitrogens with one attached hydrogen (secondary N) is 1. The topological polar surface area (TPSA) is 15.3 Å². The molecule has 1 fully saturated rings.